The van der Waals surface area contributed by atoms with Crippen molar-refractivity contribution in [1.82, 2.24) is 9.55 Å². The zero-order chi connectivity index (χ0) is 23.4. The van der Waals surface area contributed by atoms with Crippen molar-refractivity contribution in [2.24, 2.45) is 0 Å². The monoisotopic (exact) mass is 444 g/mol. The van der Waals surface area contributed by atoms with Gasteiger partial charge in [-0.05, 0) is 48.9 Å². The Labute approximate surface area is 190 Å². The van der Waals surface area contributed by atoms with Gasteiger partial charge >= 0.3 is 0 Å². The molecule has 7 heteroatoms. The zero-order valence-corrected chi connectivity index (χ0v) is 18.4. The molecule has 168 valence electrons. The molecule has 0 spiro atoms. The summed E-state index contributed by atoms with van der Waals surface area (Å²) in [5, 5.41) is 20.2. The molecule has 4 aromatic rings. The minimum atomic E-state index is -0.252. The van der Waals surface area contributed by atoms with Crippen molar-refractivity contribution >= 4 is 23.1 Å². The Morgan fingerprint density at radius 2 is 1.76 bits per heavy atom. The second-order valence-corrected chi connectivity index (χ2v) is 7.35. The van der Waals surface area contributed by atoms with Crippen LogP contribution in [0.25, 0.3) is 28.7 Å². The van der Waals surface area contributed by atoms with Crippen LogP contribution in [0.15, 0.2) is 65.5 Å². The minimum absolute atomic E-state index is 0.00574. The van der Waals surface area contributed by atoms with E-state index in [1.807, 2.05) is 25.1 Å². The lowest BCUT2D eigenvalue weighted by atomic mass is 10.1. The molecule has 0 aliphatic carbocycles. The van der Waals surface area contributed by atoms with Crippen LogP contribution in [-0.4, -0.2) is 40.1 Å². The summed E-state index contributed by atoms with van der Waals surface area (Å²) < 4.78 is 12.4. The number of benzene rings is 3. The summed E-state index contributed by atoms with van der Waals surface area (Å²) in [6, 6.07) is 17.7. The summed E-state index contributed by atoms with van der Waals surface area (Å²) >= 11 is 0. The lowest BCUT2D eigenvalue weighted by molar-refractivity contribution is 0.201. The Morgan fingerprint density at radius 3 is 2.55 bits per heavy atom. The predicted molar refractivity (Wildman–Crippen MR) is 128 cm³/mol. The van der Waals surface area contributed by atoms with E-state index in [0.29, 0.717) is 39.5 Å². The predicted octanol–water partition coefficient (Wildman–Crippen LogP) is 3.95. The van der Waals surface area contributed by atoms with E-state index in [4.69, 9.17) is 14.5 Å². The van der Waals surface area contributed by atoms with Gasteiger partial charge in [-0.3, -0.25) is 9.36 Å². The SMILES string of the molecule is COc1cccc(/C=C/c2nc3ccccc3c(=O)n2-c2c(C)cccc2OCCO)c1O. The molecule has 0 radical (unpaired) electrons. The van der Waals surface area contributed by atoms with Gasteiger partial charge in [0.15, 0.2) is 11.5 Å². The topological polar surface area (TPSA) is 93.8 Å². The fraction of sp³-hybridized carbons (Fsp3) is 0.154. The fourth-order valence-electron chi connectivity index (χ4n) is 3.67. The van der Waals surface area contributed by atoms with Crippen molar-refractivity contribution in [3.63, 3.8) is 0 Å². The van der Waals surface area contributed by atoms with Crippen molar-refractivity contribution < 1.29 is 19.7 Å². The lowest BCUT2D eigenvalue weighted by Crippen LogP contribution is -2.24. The van der Waals surface area contributed by atoms with Crippen LogP contribution in [0.3, 0.4) is 0 Å². The van der Waals surface area contributed by atoms with E-state index in [-0.39, 0.29) is 24.5 Å². The molecule has 0 saturated carbocycles. The Bertz CT molecular complexity index is 1390. The van der Waals surface area contributed by atoms with Gasteiger partial charge in [-0.15, -0.1) is 0 Å². The summed E-state index contributed by atoms with van der Waals surface area (Å²) in [6.45, 7) is 1.82. The van der Waals surface area contributed by atoms with Crippen molar-refractivity contribution in [2.75, 3.05) is 20.3 Å². The number of hydrogen-bond acceptors (Lipinski definition) is 6. The highest BCUT2D eigenvalue weighted by Gasteiger charge is 2.17. The molecule has 0 fully saturated rings. The maximum absolute atomic E-state index is 13.6. The first-order valence-corrected chi connectivity index (χ1v) is 10.4. The molecule has 3 aromatic carbocycles. The molecule has 0 atom stereocenters. The molecule has 1 aromatic heterocycles. The van der Waals surface area contributed by atoms with E-state index in [1.54, 1.807) is 54.6 Å². The second kappa shape index (κ2) is 9.58. The van der Waals surface area contributed by atoms with E-state index in [1.165, 1.54) is 11.7 Å². The quantitative estimate of drug-likeness (QED) is 0.448. The zero-order valence-electron chi connectivity index (χ0n) is 18.4. The van der Waals surface area contributed by atoms with E-state index in [0.717, 1.165) is 5.56 Å². The van der Waals surface area contributed by atoms with Gasteiger partial charge in [0.25, 0.3) is 5.56 Å². The molecule has 0 unspecified atom stereocenters. The second-order valence-electron chi connectivity index (χ2n) is 7.35. The maximum atomic E-state index is 13.6. The average Bonchev–Trinajstić information content (AvgIpc) is 2.83. The third-order valence-corrected chi connectivity index (χ3v) is 5.24. The first-order valence-electron chi connectivity index (χ1n) is 10.4. The van der Waals surface area contributed by atoms with Crippen molar-refractivity contribution in [3.05, 3.63) is 88.0 Å². The van der Waals surface area contributed by atoms with Gasteiger partial charge in [-0.25, -0.2) is 4.98 Å². The lowest BCUT2D eigenvalue weighted by Gasteiger charge is -2.18. The van der Waals surface area contributed by atoms with Crippen LogP contribution in [0.5, 0.6) is 17.2 Å². The first-order chi connectivity index (χ1) is 16.0. The number of ether oxygens (including phenoxy) is 2. The number of aryl methyl sites for hydroxylation is 1. The number of para-hydroxylation sites is 3. The number of nitrogens with zero attached hydrogens (tertiary/aromatic N) is 2. The van der Waals surface area contributed by atoms with Crippen LogP contribution in [0.4, 0.5) is 0 Å². The summed E-state index contributed by atoms with van der Waals surface area (Å²) in [6.07, 6.45) is 3.35. The van der Waals surface area contributed by atoms with Crippen LogP contribution in [0.2, 0.25) is 0 Å². The van der Waals surface area contributed by atoms with E-state index >= 15 is 0 Å². The van der Waals surface area contributed by atoms with Gasteiger partial charge in [0.1, 0.15) is 18.2 Å². The molecule has 4 rings (SSSR count). The first kappa shape index (κ1) is 22.1. The van der Waals surface area contributed by atoms with Gasteiger partial charge in [-0.1, -0.05) is 36.4 Å². The van der Waals surface area contributed by atoms with Gasteiger partial charge in [0.2, 0.25) is 0 Å². The van der Waals surface area contributed by atoms with E-state index < -0.39 is 0 Å². The fourth-order valence-corrected chi connectivity index (χ4v) is 3.67. The minimum Gasteiger partial charge on any atom is -0.504 e. The van der Waals surface area contributed by atoms with Crippen LogP contribution in [0, 0.1) is 6.92 Å². The number of phenols is 1. The normalized spacial score (nSPS) is 11.2. The summed E-state index contributed by atoms with van der Waals surface area (Å²) in [7, 11) is 1.48. The highest BCUT2D eigenvalue weighted by atomic mass is 16.5. The highest BCUT2D eigenvalue weighted by molar-refractivity contribution is 5.81. The Kier molecular flexibility index (Phi) is 6.42. The Morgan fingerprint density at radius 1 is 1.00 bits per heavy atom. The van der Waals surface area contributed by atoms with Gasteiger partial charge in [0, 0.05) is 5.56 Å². The third-order valence-electron chi connectivity index (χ3n) is 5.24. The Hall–Kier alpha value is -4.10. The Balaban J connectivity index is 1.97. The van der Waals surface area contributed by atoms with Crippen LogP contribution < -0.4 is 15.0 Å². The van der Waals surface area contributed by atoms with Gasteiger partial charge < -0.3 is 19.7 Å². The summed E-state index contributed by atoms with van der Waals surface area (Å²) in [4.78, 5) is 18.3. The standard InChI is InChI=1S/C26H24N2O5/c1-17-7-5-11-21(33-16-15-29)24(17)28-23(27-20-10-4-3-9-19(20)26(28)31)14-13-18-8-6-12-22(32-2)25(18)30/h3-14,29-30H,15-16H2,1-2H3/b14-13+. The molecule has 7 nitrogen and oxygen atoms in total. The molecule has 0 saturated heterocycles. The van der Waals surface area contributed by atoms with E-state index in [2.05, 4.69) is 0 Å². The molecule has 1 heterocycles. The molecule has 0 amide bonds. The number of aromatic hydroxyl groups is 1. The van der Waals surface area contributed by atoms with Crippen LogP contribution in [-0.2, 0) is 0 Å². The van der Waals surface area contributed by atoms with Gasteiger partial charge in [0.05, 0.1) is 30.3 Å². The number of aromatic nitrogens is 2. The molecule has 2 N–H and O–H groups in total. The summed E-state index contributed by atoms with van der Waals surface area (Å²) in [5.74, 6) is 1.17. The summed E-state index contributed by atoms with van der Waals surface area (Å²) in [5.41, 5.74) is 2.18. The molecule has 0 aliphatic rings. The van der Waals surface area contributed by atoms with Crippen LogP contribution in [0.1, 0.15) is 17.0 Å². The highest BCUT2D eigenvalue weighted by Crippen LogP contribution is 2.31. The molecular formula is C26H24N2O5. The number of methoxy groups -OCH3 is 1. The van der Waals surface area contributed by atoms with Gasteiger partial charge in [-0.2, -0.15) is 0 Å². The van der Waals surface area contributed by atoms with Crippen LogP contribution >= 0.6 is 0 Å². The number of fused-ring (bicyclic) bond motifs is 1. The van der Waals surface area contributed by atoms with Crippen molar-refractivity contribution in [1.29, 1.82) is 0 Å². The molecule has 0 bridgehead atoms. The number of rotatable bonds is 7. The average molecular weight is 444 g/mol. The van der Waals surface area contributed by atoms with E-state index in [9.17, 15) is 15.0 Å². The van der Waals surface area contributed by atoms with Crippen molar-refractivity contribution in [3.8, 4) is 22.9 Å². The largest absolute Gasteiger partial charge is 0.504 e. The van der Waals surface area contributed by atoms with Crippen molar-refractivity contribution in [2.45, 2.75) is 6.92 Å². The smallest absolute Gasteiger partial charge is 0.266 e. The number of aliphatic hydroxyl groups excluding tert-OH is 1. The molecular weight excluding hydrogens is 420 g/mol. The number of hydrogen-bond donors (Lipinski definition) is 2. The molecule has 0 aliphatic heterocycles. The molecule has 33 heavy (non-hydrogen) atoms. The number of aliphatic hydroxyl groups is 1. The number of phenolic OH excluding ortho intramolecular Hbond substituents is 1. The third kappa shape index (κ3) is 4.31. The maximum Gasteiger partial charge on any atom is 0.266 e.